The predicted octanol–water partition coefficient (Wildman–Crippen LogP) is 2.62. The maximum absolute atomic E-state index is 12.9. The van der Waals surface area contributed by atoms with Crippen LogP contribution in [-0.4, -0.2) is 36.8 Å². The number of nitrogens with zero attached hydrogens (tertiary/aromatic N) is 6. The van der Waals surface area contributed by atoms with Crippen molar-refractivity contribution < 1.29 is 13.2 Å². The van der Waals surface area contributed by atoms with Gasteiger partial charge in [0.1, 0.15) is 17.7 Å². The van der Waals surface area contributed by atoms with Crippen LogP contribution in [0.2, 0.25) is 0 Å². The molecule has 0 bridgehead atoms. The van der Waals surface area contributed by atoms with E-state index in [9.17, 15) is 13.2 Å². The smallest absolute Gasteiger partial charge is 0.372 e. The first-order valence-corrected chi connectivity index (χ1v) is 7.55. The fourth-order valence-corrected chi connectivity index (χ4v) is 2.26. The lowest BCUT2D eigenvalue weighted by Crippen LogP contribution is -2.12. The standard InChI is InChI=1S/C15H15F3N8/c1-9-12(7-26(25-9)6-10-3-4-20-8-22-10)23-14-21-5-11(15(16,17)18)13(19-2)24-14/h3-5,7-8H,6H2,1-2H3,(H2,19,21,23,24). The summed E-state index contributed by atoms with van der Waals surface area (Å²) in [5, 5.41) is 9.66. The summed E-state index contributed by atoms with van der Waals surface area (Å²) in [6.45, 7) is 2.20. The number of aromatic nitrogens is 6. The van der Waals surface area contributed by atoms with Crippen LogP contribution in [0.5, 0.6) is 0 Å². The normalized spacial score (nSPS) is 11.4. The Labute approximate surface area is 146 Å². The molecular formula is C15H15F3N8. The summed E-state index contributed by atoms with van der Waals surface area (Å²) in [5.74, 6) is -0.270. The van der Waals surface area contributed by atoms with E-state index in [1.165, 1.54) is 13.4 Å². The summed E-state index contributed by atoms with van der Waals surface area (Å²) in [5.41, 5.74) is 1.08. The number of nitrogens with one attached hydrogen (secondary N) is 2. The van der Waals surface area contributed by atoms with Crippen molar-refractivity contribution in [3.05, 3.63) is 47.9 Å². The first-order chi connectivity index (χ1) is 12.4. The van der Waals surface area contributed by atoms with Gasteiger partial charge in [-0.25, -0.2) is 15.0 Å². The number of rotatable bonds is 5. The molecule has 3 rings (SSSR count). The minimum atomic E-state index is -4.53. The topological polar surface area (TPSA) is 93.4 Å². The predicted molar refractivity (Wildman–Crippen MR) is 88.0 cm³/mol. The fraction of sp³-hybridized carbons (Fsp3) is 0.267. The van der Waals surface area contributed by atoms with Gasteiger partial charge in [0.25, 0.3) is 0 Å². The van der Waals surface area contributed by atoms with Crippen molar-refractivity contribution in [2.75, 3.05) is 17.7 Å². The van der Waals surface area contributed by atoms with Gasteiger partial charge in [0.15, 0.2) is 0 Å². The number of anilines is 3. The third kappa shape index (κ3) is 3.87. The summed E-state index contributed by atoms with van der Waals surface area (Å²) in [4.78, 5) is 15.6. The molecule has 0 amide bonds. The van der Waals surface area contributed by atoms with Crippen molar-refractivity contribution in [3.63, 3.8) is 0 Å². The molecule has 2 N–H and O–H groups in total. The summed E-state index contributed by atoms with van der Waals surface area (Å²) in [7, 11) is 1.37. The largest absolute Gasteiger partial charge is 0.421 e. The average Bonchev–Trinajstić information content (AvgIpc) is 2.93. The lowest BCUT2D eigenvalue weighted by Gasteiger charge is -2.12. The Hall–Kier alpha value is -3.24. The lowest BCUT2D eigenvalue weighted by atomic mass is 10.3. The minimum Gasteiger partial charge on any atom is -0.372 e. The van der Waals surface area contributed by atoms with Crippen LogP contribution in [0.25, 0.3) is 0 Å². The molecule has 0 aliphatic heterocycles. The van der Waals surface area contributed by atoms with Crippen molar-refractivity contribution in [2.45, 2.75) is 19.6 Å². The van der Waals surface area contributed by atoms with Crippen LogP contribution >= 0.6 is 0 Å². The van der Waals surface area contributed by atoms with Gasteiger partial charge >= 0.3 is 6.18 Å². The molecule has 0 aliphatic rings. The quantitative estimate of drug-likeness (QED) is 0.719. The van der Waals surface area contributed by atoms with Gasteiger partial charge in [-0.3, -0.25) is 4.68 Å². The average molecular weight is 364 g/mol. The highest BCUT2D eigenvalue weighted by Crippen LogP contribution is 2.33. The highest BCUT2D eigenvalue weighted by Gasteiger charge is 2.35. The molecule has 26 heavy (non-hydrogen) atoms. The highest BCUT2D eigenvalue weighted by molar-refractivity contribution is 5.57. The Bertz CT molecular complexity index is 892. The second-order valence-electron chi connectivity index (χ2n) is 5.36. The number of aryl methyl sites for hydroxylation is 1. The molecule has 0 atom stereocenters. The molecule has 0 saturated heterocycles. The van der Waals surface area contributed by atoms with E-state index in [4.69, 9.17) is 0 Å². The molecule has 0 spiro atoms. The molecule has 136 valence electrons. The van der Waals surface area contributed by atoms with Crippen molar-refractivity contribution in [1.29, 1.82) is 0 Å². The number of alkyl halides is 3. The summed E-state index contributed by atoms with van der Waals surface area (Å²) >= 11 is 0. The molecule has 8 nitrogen and oxygen atoms in total. The summed E-state index contributed by atoms with van der Waals surface area (Å²) < 4.78 is 40.4. The van der Waals surface area contributed by atoms with Crippen LogP contribution in [0, 0.1) is 6.92 Å². The van der Waals surface area contributed by atoms with Gasteiger partial charge < -0.3 is 10.6 Å². The SMILES string of the molecule is CNc1nc(Nc2cn(Cc3ccncn3)nc2C)ncc1C(F)(F)F. The molecule has 0 fully saturated rings. The lowest BCUT2D eigenvalue weighted by molar-refractivity contribution is -0.137. The second kappa shape index (κ2) is 6.94. The van der Waals surface area contributed by atoms with Crippen LogP contribution in [0.4, 0.5) is 30.6 Å². The zero-order valence-electron chi connectivity index (χ0n) is 13.9. The van der Waals surface area contributed by atoms with Crippen molar-refractivity contribution in [3.8, 4) is 0 Å². The molecule has 0 aliphatic carbocycles. The van der Waals surface area contributed by atoms with Gasteiger partial charge in [-0.2, -0.15) is 23.3 Å². The van der Waals surface area contributed by atoms with E-state index in [0.29, 0.717) is 17.9 Å². The second-order valence-corrected chi connectivity index (χ2v) is 5.36. The van der Waals surface area contributed by atoms with Crippen LogP contribution in [0.1, 0.15) is 17.0 Å². The number of halogens is 3. The van der Waals surface area contributed by atoms with Gasteiger partial charge in [0.2, 0.25) is 5.95 Å². The molecule has 3 aromatic rings. The maximum Gasteiger partial charge on any atom is 0.421 e. The third-order valence-electron chi connectivity index (χ3n) is 3.49. The van der Waals surface area contributed by atoms with E-state index in [0.717, 1.165) is 11.9 Å². The maximum atomic E-state index is 12.9. The number of hydrogen-bond donors (Lipinski definition) is 2. The third-order valence-corrected chi connectivity index (χ3v) is 3.49. The molecule has 11 heteroatoms. The van der Waals surface area contributed by atoms with Crippen LogP contribution in [0.3, 0.4) is 0 Å². The molecule has 0 saturated carbocycles. The van der Waals surface area contributed by atoms with E-state index in [2.05, 4.69) is 35.7 Å². The monoisotopic (exact) mass is 364 g/mol. The van der Waals surface area contributed by atoms with E-state index < -0.39 is 11.7 Å². The van der Waals surface area contributed by atoms with Crippen molar-refractivity contribution in [1.82, 2.24) is 29.7 Å². The highest BCUT2D eigenvalue weighted by atomic mass is 19.4. The molecule has 0 radical (unpaired) electrons. The first kappa shape index (κ1) is 17.6. The zero-order chi connectivity index (χ0) is 18.7. The van der Waals surface area contributed by atoms with Crippen molar-refractivity contribution >= 4 is 17.5 Å². The van der Waals surface area contributed by atoms with Gasteiger partial charge in [-0.15, -0.1) is 0 Å². The zero-order valence-corrected chi connectivity index (χ0v) is 13.9. The summed E-state index contributed by atoms with van der Waals surface area (Å²) in [6.07, 6.45) is 0.988. The molecular weight excluding hydrogens is 349 g/mol. The van der Waals surface area contributed by atoms with Gasteiger partial charge in [-0.1, -0.05) is 0 Å². The molecule has 0 unspecified atom stereocenters. The van der Waals surface area contributed by atoms with E-state index in [-0.39, 0.29) is 11.8 Å². The fourth-order valence-electron chi connectivity index (χ4n) is 2.26. The summed E-state index contributed by atoms with van der Waals surface area (Å²) in [6, 6.07) is 1.77. The first-order valence-electron chi connectivity index (χ1n) is 7.55. The Morgan fingerprint density at radius 2 is 2.04 bits per heavy atom. The Kier molecular flexibility index (Phi) is 4.69. The van der Waals surface area contributed by atoms with Gasteiger partial charge in [0, 0.05) is 25.6 Å². The molecule has 3 heterocycles. The Morgan fingerprint density at radius 1 is 1.23 bits per heavy atom. The minimum absolute atomic E-state index is 0.0343. The van der Waals surface area contributed by atoms with Crippen LogP contribution < -0.4 is 10.6 Å². The number of hydrogen-bond acceptors (Lipinski definition) is 7. The Balaban J connectivity index is 1.81. The van der Waals surface area contributed by atoms with Crippen LogP contribution in [0.15, 0.2) is 31.0 Å². The van der Waals surface area contributed by atoms with Crippen LogP contribution in [-0.2, 0) is 12.7 Å². The van der Waals surface area contributed by atoms with Gasteiger partial charge in [-0.05, 0) is 13.0 Å². The van der Waals surface area contributed by atoms with E-state index in [1.54, 1.807) is 30.1 Å². The Morgan fingerprint density at radius 3 is 2.69 bits per heavy atom. The molecule has 0 aromatic carbocycles. The molecule has 3 aromatic heterocycles. The van der Waals surface area contributed by atoms with E-state index in [1.807, 2.05) is 0 Å². The van der Waals surface area contributed by atoms with Crippen molar-refractivity contribution in [2.24, 2.45) is 0 Å². The van der Waals surface area contributed by atoms with Gasteiger partial charge in [0.05, 0.1) is 23.6 Å². The van der Waals surface area contributed by atoms with E-state index >= 15 is 0 Å².